The molecule has 0 aromatic carbocycles. The highest BCUT2D eigenvalue weighted by Crippen LogP contribution is 2.29. The monoisotopic (exact) mass is 872 g/mol. The molecule has 0 aliphatic carbocycles. The summed E-state index contributed by atoms with van der Waals surface area (Å²) in [6.07, 6.45) is -42.4. The van der Waals surface area contributed by atoms with Gasteiger partial charge in [-0.1, -0.05) is 0 Å². The lowest BCUT2D eigenvalue weighted by atomic mass is 9.98. The third kappa shape index (κ3) is 12.2. The van der Waals surface area contributed by atoms with Gasteiger partial charge in [0.2, 0.25) is 0 Å². The van der Waals surface area contributed by atoms with Gasteiger partial charge >= 0.3 is 0 Å². The Hall–Kier alpha value is -1.04. The fourth-order valence-electron chi connectivity index (χ4n) is 6.69. The molecule has 26 heteroatoms. The molecule has 0 bridgehead atoms. The zero-order chi connectivity index (χ0) is 44.0. The summed E-state index contributed by atoms with van der Waals surface area (Å²) < 4.78 is 48.7. The largest absolute Gasteiger partial charge is 0.394 e. The van der Waals surface area contributed by atoms with Crippen LogP contribution in [0.3, 0.4) is 0 Å². The van der Waals surface area contributed by atoms with Crippen molar-refractivity contribution in [1.29, 1.82) is 0 Å². The lowest BCUT2D eigenvalue weighted by Gasteiger charge is -2.43. The van der Waals surface area contributed by atoms with E-state index in [-0.39, 0.29) is 0 Å². The van der Waals surface area contributed by atoms with Crippen LogP contribution in [0, 0.1) is 0 Å². The lowest BCUT2D eigenvalue weighted by Crippen LogP contribution is -2.62. The summed E-state index contributed by atoms with van der Waals surface area (Å²) in [6.45, 7) is -1.46. The molecular weight excluding hydrogens is 812 g/mol. The fraction of sp³-hybridized carbons (Fsp3) is 1.00. The Kier molecular flexibility index (Phi) is 19.3. The molecule has 4 aliphatic rings. The quantitative estimate of drug-likeness (QED) is 0.0573. The minimum absolute atomic E-state index is 0.665. The topological polar surface area (TPSA) is 427 Å². The van der Waals surface area contributed by atoms with Crippen molar-refractivity contribution < 1.29 is 129 Å². The van der Waals surface area contributed by atoms with E-state index in [9.17, 15) is 86.8 Å². The summed E-state index contributed by atoms with van der Waals surface area (Å²) in [5, 5.41) is 175. The molecule has 4 fully saturated rings. The van der Waals surface area contributed by atoms with E-state index in [1.165, 1.54) is 13.8 Å². The summed E-state index contributed by atoms with van der Waals surface area (Å²) in [5.41, 5.74) is 0. The smallest absolute Gasteiger partial charge is 0.186 e. The predicted molar refractivity (Wildman–Crippen MR) is 183 cm³/mol. The van der Waals surface area contributed by atoms with Crippen molar-refractivity contribution in [3.8, 4) is 0 Å². The molecule has 59 heavy (non-hydrogen) atoms. The van der Waals surface area contributed by atoms with E-state index in [2.05, 4.69) is 0 Å². The first-order chi connectivity index (χ1) is 27.7. The molecule has 348 valence electrons. The Morgan fingerprint density at radius 1 is 0.407 bits per heavy atom. The molecule has 4 heterocycles. The van der Waals surface area contributed by atoms with Crippen LogP contribution in [0.5, 0.6) is 0 Å². The minimum atomic E-state index is -1.98. The van der Waals surface area contributed by atoms with Gasteiger partial charge in [0.1, 0.15) is 122 Å². The molecule has 0 aromatic heterocycles. The highest BCUT2D eigenvalue weighted by Gasteiger charge is 2.50. The van der Waals surface area contributed by atoms with Gasteiger partial charge in [0, 0.05) is 0 Å². The van der Waals surface area contributed by atoms with E-state index in [0.717, 1.165) is 0 Å². The number of aliphatic hydroxyl groups is 17. The van der Waals surface area contributed by atoms with Gasteiger partial charge < -0.3 is 129 Å². The van der Waals surface area contributed by atoms with Gasteiger partial charge in [0.05, 0.1) is 45.7 Å². The molecule has 4 rings (SSSR count). The Balaban J connectivity index is 1.32. The number of hydrogen-bond donors (Lipinski definition) is 17. The molecule has 0 unspecified atom stereocenters. The first-order valence-corrected chi connectivity index (χ1v) is 18.9. The number of hydrogen-bond acceptors (Lipinski definition) is 26. The predicted octanol–water partition coefficient (Wildman–Crippen LogP) is -10.9. The second-order valence-corrected chi connectivity index (χ2v) is 15.0. The molecular formula is C33H60O26. The van der Waals surface area contributed by atoms with E-state index in [0.29, 0.717) is 0 Å². The molecule has 0 saturated carbocycles. The van der Waals surface area contributed by atoms with Crippen molar-refractivity contribution in [3.63, 3.8) is 0 Å². The first-order valence-electron chi connectivity index (χ1n) is 18.9. The van der Waals surface area contributed by atoms with Crippen molar-refractivity contribution >= 4 is 0 Å². The van der Waals surface area contributed by atoms with Gasteiger partial charge in [-0.15, -0.1) is 0 Å². The molecule has 0 amide bonds. The third-order valence-electron chi connectivity index (χ3n) is 10.3. The molecule has 17 N–H and O–H groups in total. The number of aliphatic hydroxyl groups excluding tert-OH is 17. The molecule has 24 atom stereocenters. The SMILES string of the molecule is CC(C)O[C@@H]([C@H](O)[C@H](O)CO[C@@H]1O[C@H](CO[C@@H]2O[C@H](CO)[C@@H](O)[C@H](O)[C@H]2O)[C@@H](O)[C@H](O)[C@H]1O)[C@H](O)CO[C@@H]1O[C@H](CO[C@@H]2O[C@H](CO)[C@@H](O)[C@H](O)[C@H]2O)[C@@H](O)[C@H](O)[C@H]1O. The average Bonchev–Trinajstić information content (AvgIpc) is 3.21. The van der Waals surface area contributed by atoms with Gasteiger partial charge in [-0.05, 0) is 13.8 Å². The van der Waals surface area contributed by atoms with E-state index in [1.54, 1.807) is 0 Å². The van der Waals surface area contributed by atoms with Crippen molar-refractivity contribution in [2.45, 2.75) is 167 Å². The Morgan fingerprint density at radius 2 is 0.712 bits per heavy atom. The average molecular weight is 873 g/mol. The summed E-state index contributed by atoms with van der Waals surface area (Å²) in [6, 6.07) is 0. The maximum absolute atomic E-state index is 11.0. The maximum atomic E-state index is 11.0. The summed E-state index contributed by atoms with van der Waals surface area (Å²) in [4.78, 5) is 0. The Bertz CT molecular complexity index is 1220. The van der Waals surface area contributed by atoms with Crippen molar-refractivity contribution in [2.75, 3.05) is 39.6 Å². The van der Waals surface area contributed by atoms with E-state index in [4.69, 9.17) is 42.6 Å². The summed E-state index contributed by atoms with van der Waals surface area (Å²) in [7, 11) is 0. The second kappa shape index (κ2) is 22.5. The van der Waals surface area contributed by atoms with Crippen LogP contribution in [0.4, 0.5) is 0 Å². The highest BCUT2D eigenvalue weighted by molar-refractivity contribution is 4.94. The number of rotatable bonds is 19. The molecule has 0 radical (unpaired) electrons. The van der Waals surface area contributed by atoms with Gasteiger partial charge in [-0.25, -0.2) is 0 Å². The van der Waals surface area contributed by atoms with Gasteiger partial charge in [-0.2, -0.15) is 0 Å². The standard InChI is InChI=1S/C33H60O26/c1-9(2)55-29(11(37)6-52-31-28(50)24(46)20(42)15(59-31)8-54-33-26(48)22(44)18(40)13(4-35)57-33)16(38)10(36)5-51-30-27(49)23(45)19(41)14(58-30)7-53-32-25(47)21(43)17(39)12(3-34)56-32/h9-50H,3-8H2,1-2H3/t10-,11-,12-,13-,14-,15-,16-,17-,18-,19-,20-,21+,22+,23+,24+,25-,26-,27-,28-,29-,30-,31-,32-,33-/m1/s1. The third-order valence-corrected chi connectivity index (χ3v) is 10.3. The van der Waals surface area contributed by atoms with Crippen LogP contribution < -0.4 is 0 Å². The zero-order valence-corrected chi connectivity index (χ0v) is 32.0. The maximum Gasteiger partial charge on any atom is 0.186 e. The van der Waals surface area contributed by atoms with Crippen molar-refractivity contribution in [1.82, 2.24) is 0 Å². The number of ether oxygens (including phenoxy) is 9. The van der Waals surface area contributed by atoms with Crippen LogP contribution >= 0.6 is 0 Å². The normalized spacial score (nSPS) is 45.6. The van der Waals surface area contributed by atoms with E-state index in [1.807, 2.05) is 0 Å². The van der Waals surface area contributed by atoms with Crippen LogP contribution in [0.15, 0.2) is 0 Å². The van der Waals surface area contributed by atoms with E-state index < -0.39 is 193 Å². The molecule has 4 aliphatic heterocycles. The van der Waals surface area contributed by atoms with Crippen LogP contribution in [-0.2, 0) is 42.6 Å². The molecule has 4 saturated heterocycles. The van der Waals surface area contributed by atoms with Crippen LogP contribution in [0.25, 0.3) is 0 Å². The summed E-state index contributed by atoms with van der Waals surface area (Å²) in [5.74, 6) is 0. The molecule has 0 aromatic rings. The van der Waals surface area contributed by atoms with Gasteiger partial charge in [-0.3, -0.25) is 0 Å². The van der Waals surface area contributed by atoms with Crippen LogP contribution in [-0.4, -0.2) is 280 Å². The molecule has 0 spiro atoms. The highest BCUT2D eigenvalue weighted by atomic mass is 16.7. The van der Waals surface area contributed by atoms with E-state index >= 15 is 0 Å². The van der Waals surface area contributed by atoms with Crippen LogP contribution in [0.1, 0.15) is 13.8 Å². The van der Waals surface area contributed by atoms with Crippen molar-refractivity contribution in [2.24, 2.45) is 0 Å². The lowest BCUT2D eigenvalue weighted by molar-refractivity contribution is -0.334. The van der Waals surface area contributed by atoms with Crippen LogP contribution in [0.2, 0.25) is 0 Å². The minimum Gasteiger partial charge on any atom is -0.394 e. The van der Waals surface area contributed by atoms with Crippen molar-refractivity contribution in [3.05, 3.63) is 0 Å². The zero-order valence-electron chi connectivity index (χ0n) is 32.0. The fourth-order valence-corrected chi connectivity index (χ4v) is 6.69. The second-order valence-electron chi connectivity index (χ2n) is 15.0. The Morgan fingerprint density at radius 3 is 1.05 bits per heavy atom. The Labute approximate surface area is 336 Å². The summed E-state index contributed by atoms with van der Waals surface area (Å²) >= 11 is 0. The molecule has 26 nitrogen and oxygen atoms in total. The first kappa shape index (κ1) is 50.6. The van der Waals surface area contributed by atoms with Gasteiger partial charge in [0.15, 0.2) is 25.2 Å². The van der Waals surface area contributed by atoms with Gasteiger partial charge in [0.25, 0.3) is 0 Å².